The van der Waals surface area contributed by atoms with E-state index in [1.807, 2.05) is 6.08 Å². The molecule has 2 rings (SSSR count). The molecule has 2 aliphatic rings. The Morgan fingerprint density at radius 1 is 1.50 bits per heavy atom. The van der Waals surface area contributed by atoms with Crippen LogP contribution in [0.1, 0.15) is 46.0 Å². The van der Waals surface area contributed by atoms with Crippen molar-refractivity contribution in [2.45, 2.75) is 64.1 Å². The summed E-state index contributed by atoms with van der Waals surface area (Å²) in [6.07, 6.45) is 6.84. The molecular formula is C19H33N3O4. The average molecular weight is 367 g/mol. The van der Waals surface area contributed by atoms with Gasteiger partial charge < -0.3 is 20.5 Å². The summed E-state index contributed by atoms with van der Waals surface area (Å²) in [5, 5.41) is 2.99. The lowest BCUT2D eigenvalue weighted by Gasteiger charge is -2.44. The second-order valence-corrected chi connectivity index (χ2v) is 7.36. The number of rotatable bonds is 9. The predicted octanol–water partition coefficient (Wildman–Crippen LogP) is 1.18. The molecule has 0 aromatic rings. The predicted molar refractivity (Wildman–Crippen MR) is 99.2 cm³/mol. The van der Waals surface area contributed by atoms with Crippen molar-refractivity contribution in [3.63, 3.8) is 0 Å². The highest BCUT2D eigenvalue weighted by atomic mass is 16.5. The van der Waals surface area contributed by atoms with Crippen LogP contribution < -0.4 is 11.1 Å². The Labute approximate surface area is 156 Å². The molecule has 3 N–H and O–H groups in total. The van der Waals surface area contributed by atoms with Gasteiger partial charge in [0.15, 0.2) is 0 Å². The molecule has 4 atom stereocenters. The molecule has 0 aromatic heterocycles. The fourth-order valence-electron chi connectivity index (χ4n) is 3.88. The first kappa shape index (κ1) is 20.9. The van der Waals surface area contributed by atoms with Gasteiger partial charge in [-0.3, -0.25) is 14.5 Å². The molecule has 1 heterocycles. The van der Waals surface area contributed by atoms with E-state index in [1.165, 1.54) is 6.92 Å². The maximum Gasteiger partial charge on any atom is 0.298 e. The molecule has 7 nitrogen and oxygen atoms in total. The third-order valence-corrected chi connectivity index (χ3v) is 5.16. The second-order valence-electron chi connectivity index (χ2n) is 7.36. The van der Waals surface area contributed by atoms with Crippen LogP contribution in [0.15, 0.2) is 11.8 Å². The number of nitrogens with two attached hydrogens (primary N) is 1. The highest BCUT2D eigenvalue weighted by Gasteiger charge is 2.37. The topological polar surface area (TPSA) is 93.9 Å². The summed E-state index contributed by atoms with van der Waals surface area (Å²) >= 11 is 0. The minimum absolute atomic E-state index is 0.0731. The lowest BCUT2D eigenvalue weighted by molar-refractivity contribution is -0.126. The summed E-state index contributed by atoms with van der Waals surface area (Å²) in [7, 11) is 0. The van der Waals surface area contributed by atoms with E-state index >= 15 is 0 Å². The molecule has 7 heteroatoms. The molecule has 1 fully saturated rings. The van der Waals surface area contributed by atoms with Gasteiger partial charge in [-0.05, 0) is 37.8 Å². The lowest BCUT2D eigenvalue weighted by atomic mass is 9.87. The SMILES string of the molecule is CCCCOC[C@@H]1CCCN([C@@H]2C=C(OC=O)C[C@H](N)[C@H]2NC(C)=O)C1. The average Bonchev–Trinajstić information content (AvgIpc) is 2.61. The van der Waals surface area contributed by atoms with Gasteiger partial charge in [-0.1, -0.05) is 13.3 Å². The molecule has 0 spiro atoms. The van der Waals surface area contributed by atoms with E-state index in [-0.39, 0.29) is 24.0 Å². The van der Waals surface area contributed by atoms with Crippen molar-refractivity contribution in [1.82, 2.24) is 10.2 Å². The van der Waals surface area contributed by atoms with Crippen molar-refractivity contribution in [2.24, 2.45) is 11.7 Å². The summed E-state index contributed by atoms with van der Waals surface area (Å²) in [5.74, 6) is 0.959. The van der Waals surface area contributed by atoms with Crippen LogP contribution in [0.5, 0.6) is 0 Å². The number of carbonyl (C=O) groups excluding carboxylic acids is 2. The molecule has 1 saturated heterocycles. The summed E-state index contributed by atoms with van der Waals surface area (Å²) in [6.45, 7) is 7.51. The van der Waals surface area contributed by atoms with Crippen molar-refractivity contribution in [3.05, 3.63) is 11.8 Å². The Kier molecular flexibility index (Phi) is 8.54. The fourth-order valence-corrected chi connectivity index (χ4v) is 3.88. The van der Waals surface area contributed by atoms with E-state index < -0.39 is 0 Å². The Morgan fingerprint density at radius 3 is 3.00 bits per heavy atom. The molecule has 148 valence electrons. The van der Waals surface area contributed by atoms with Crippen LogP contribution in [0, 0.1) is 5.92 Å². The standard InChI is InChI=1S/C19H33N3O4/c1-3-4-8-25-12-15-6-5-7-22(11-15)18-10-16(26-13-23)9-17(20)19(18)21-14(2)24/h10,13,15,17-19H,3-9,11-12,20H2,1-2H3,(H,21,24)/t15-,17+,18-,19-/m1/s1. The molecule has 0 radical (unpaired) electrons. The van der Waals surface area contributed by atoms with Gasteiger partial charge in [-0.15, -0.1) is 0 Å². The Bertz CT molecular complexity index is 497. The number of nitrogens with one attached hydrogen (secondary N) is 1. The molecule has 1 aliphatic heterocycles. The third-order valence-electron chi connectivity index (χ3n) is 5.16. The van der Waals surface area contributed by atoms with Crippen LogP contribution in [-0.2, 0) is 19.1 Å². The first-order chi connectivity index (χ1) is 12.5. The number of unbranched alkanes of at least 4 members (excludes halogenated alkanes) is 1. The normalized spacial score (nSPS) is 29.7. The second kappa shape index (κ2) is 10.6. The number of hydrogen-bond acceptors (Lipinski definition) is 6. The number of carbonyl (C=O) groups is 2. The Balaban J connectivity index is 2.05. The van der Waals surface area contributed by atoms with Crippen molar-refractivity contribution >= 4 is 12.4 Å². The van der Waals surface area contributed by atoms with E-state index in [1.54, 1.807) is 0 Å². The number of ether oxygens (including phenoxy) is 2. The molecule has 0 saturated carbocycles. The third kappa shape index (κ3) is 6.07. The van der Waals surface area contributed by atoms with Gasteiger partial charge in [0.05, 0.1) is 18.7 Å². The van der Waals surface area contributed by atoms with Crippen LogP contribution in [-0.4, -0.2) is 61.7 Å². The van der Waals surface area contributed by atoms with Gasteiger partial charge in [0.2, 0.25) is 5.91 Å². The molecule has 0 unspecified atom stereocenters. The summed E-state index contributed by atoms with van der Waals surface area (Å²) in [6, 6.07) is -0.549. The zero-order valence-corrected chi connectivity index (χ0v) is 16.0. The first-order valence-corrected chi connectivity index (χ1v) is 9.70. The minimum atomic E-state index is -0.287. The molecular weight excluding hydrogens is 334 g/mol. The van der Waals surface area contributed by atoms with Crippen molar-refractivity contribution in [1.29, 1.82) is 0 Å². The zero-order valence-electron chi connectivity index (χ0n) is 16.0. The van der Waals surface area contributed by atoms with Crippen molar-refractivity contribution in [3.8, 4) is 0 Å². The molecule has 26 heavy (non-hydrogen) atoms. The van der Waals surface area contributed by atoms with Crippen molar-refractivity contribution in [2.75, 3.05) is 26.3 Å². The van der Waals surface area contributed by atoms with Crippen molar-refractivity contribution < 1.29 is 19.1 Å². The van der Waals surface area contributed by atoms with Crippen LogP contribution in [0.3, 0.4) is 0 Å². The molecule has 0 aromatic carbocycles. The number of amides is 1. The van der Waals surface area contributed by atoms with Gasteiger partial charge in [0, 0.05) is 32.5 Å². The van der Waals surface area contributed by atoms with Gasteiger partial charge in [0.1, 0.15) is 5.76 Å². The van der Waals surface area contributed by atoms with Gasteiger partial charge in [-0.2, -0.15) is 0 Å². The quantitative estimate of drug-likeness (QED) is 0.469. The molecule has 0 bridgehead atoms. The molecule has 1 amide bonds. The van der Waals surface area contributed by atoms with Crippen LogP contribution in [0.2, 0.25) is 0 Å². The highest BCUT2D eigenvalue weighted by molar-refractivity contribution is 5.73. The number of likely N-dealkylation sites (tertiary alicyclic amines) is 1. The van der Waals surface area contributed by atoms with E-state index in [0.29, 0.717) is 24.6 Å². The summed E-state index contributed by atoms with van der Waals surface area (Å²) < 4.78 is 10.9. The number of piperidine rings is 1. The summed E-state index contributed by atoms with van der Waals surface area (Å²) in [4.78, 5) is 24.7. The fraction of sp³-hybridized carbons (Fsp3) is 0.789. The minimum Gasteiger partial charge on any atom is -0.434 e. The van der Waals surface area contributed by atoms with E-state index in [9.17, 15) is 9.59 Å². The highest BCUT2D eigenvalue weighted by Crippen LogP contribution is 2.27. The Hall–Kier alpha value is -1.44. The monoisotopic (exact) mass is 367 g/mol. The maximum absolute atomic E-state index is 11.6. The van der Waals surface area contributed by atoms with Gasteiger partial charge in [-0.25, -0.2) is 0 Å². The van der Waals surface area contributed by atoms with Gasteiger partial charge in [0.25, 0.3) is 6.47 Å². The van der Waals surface area contributed by atoms with Gasteiger partial charge >= 0.3 is 0 Å². The van der Waals surface area contributed by atoms with Crippen LogP contribution >= 0.6 is 0 Å². The van der Waals surface area contributed by atoms with Crippen LogP contribution in [0.25, 0.3) is 0 Å². The Morgan fingerprint density at radius 2 is 2.31 bits per heavy atom. The van der Waals surface area contributed by atoms with E-state index in [0.717, 1.165) is 52.0 Å². The smallest absolute Gasteiger partial charge is 0.298 e. The lowest BCUT2D eigenvalue weighted by Crippen LogP contribution is -2.61. The largest absolute Gasteiger partial charge is 0.434 e. The number of hydrogen-bond donors (Lipinski definition) is 2. The molecule has 1 aliphatic carbocycles. The zero-order chi connectivity index (χ0) is 18.9. The maximum atomic E-state index is 11.6. The van der Waals surface area contributed by atoms with Crippen LogP contribution in [0.4, 0.5) is 0 Å². The van der Waals surface area contributed by atoms with E-state index in [2.05, 4.69) is 17.1 Å². The number of nitrogens with zero attached hydrogens (tertiary/aromatic N) is 1. The first-order valence-electron chi connectivity index (χ1n) is 9.70. The summed E-state index contributed by atoms with van der Waals surface area (Å²) in [5.41, 5.74) is 6.29. The van der Waals surface area contributed by atoms with E-state index in [4.69, 9.17) is 15.2 Å².